The van der Waals surface area contributed by atoms with Crippen LogP contribution in [0.2, 0.25) is 0 Å². The molecule has 19 heavy (non-hydrogen) atoms. The quantitative estimate of drug-likeness (QED) is 0.684. The molecule has 0 radical (unpaired) electrons. The molecule has 102 valence electrons. The summed E-state index contributed by atoms with van der Waals surface area (Å²) in [5, 5.41) is 5.84. The second kappa shape index (κ2) is 5.51. The molecule has 0 saturated carbocycles. The number of carbonyl (C=O) groups excluding carboxylic acids is 1. The van der Waals surface area contributed by atoms with E-state index in [0.29, 0.717) is 29.5 Å². The lowest BCUT2D eigenvalue weighted by molar-refractivity contribution is -0.143. The first-order valence-electron chi connectivity index (χ1n) is 5.97. The van der Waals surface area contributed by atoms with Crippen LogP contribution in [0, 0.1) is 0 Å². The second-order valence-electron chi connectivity index (χ2n) is 3.87. The molecule has 2 rings (SSSR count). The number of imidazole rings is 1. The lowest BCUT2D eigenvalue weighted by Crippen LogP contribution is -2.28. The summed E-state index contributed by atoms with van der Waals surface area (Å²) >= 11 is 0. The van der Waals surface area contributed by atoms with Crippen molar-refractivity contribution in [3.63, 3.8) is 0 Å². The minimum absolute atomic E-state index is 0.334. The number of nitrogens with zero attached hydrogens (tertiary/aromatic N) is 3. The molecule has 0 saturated heterocycles. The number of hydrogen-bond donors (Lipinski definition) is 3. The number of fused-ring (bicyclic) bond motifs is 1. The van der Waals surface area contributed by atoms with Gasteiger partial charge in [-0.3, -0.25) is 0 Å². The van der Waals surface area contributed by atoms with E-state index < -0.39 is 6.04 Å². The van der Waals surface area contributed by atoms with Crippen molar-refractivity contribution in [1.29, 1.82) is 0 Å². The number of nitrogens with one attached hydrogen (secondary N) is 3. The van der Waals surface area contributed by atoms with Gasteiger partial charge in [0, 0.05) is 7.05 Å². The second-order valence-corrected chi connectivity index (χ2v) is 3.87. The number of hydrogen-bond acceptors (Lipinski definition) is 7. The summed E-state index contributed by atoms with van der Waals surface area (Å²) in [5.41, 5.74) is 1.17. The fourth-order valence-corrected chi connectivity index (χ4v) is 1.58. The minimum atomic E-state index is -0.508. The highest BCUT2D eigenvalue weighted by molar-refractivity contribution is 5.87. The summed E-state index contributed by atoms with van der Waals surface area (Å²) in [6.45, 7) is 3.82. The van der Waals surface area contributed by atoms with E-state index in [1.54, 1.807) is 20.9 Å². The molecule has 0 aromatic carbocycles. The molecule has 8 nitrogen and oxygen atoms in total. The van der Waals surface area contributed by atoms with E-state index in [1.165, 1.54) is 6.33 Å². The molecule has 2 heterocycles. The van der Waals surface area contributed by atoms with Crippen LogP contribution in [0.1, 0.15) is 13.8 Å². The number of carbonyl (C=O) groups is 1. The summed E-state index contributed by atoms with van der Waals surface area (Å²) in [4.78, 5) is 27.1. The van der Waals surface area contributed by atoms with Crippen LogP contribution in [0.15, 0.2) is 6.33 Å². The number of aromatic amines is 1. The Morgan fingerprint density at radius 2 is 2.32 bits per heavy atom. The monoisotopic (exact) mass is 264 g/mol. The molecule has 1 atom stereocenters. The Morgan fingerprint density at radius 1 is 1.53 bits per heavy atom. The molecule has 2 aromatic heterocycles. The van der Waals surface area contributed by atoms with Gasteiger partial charge in [-0.15, -0.1) is 0 Å². The fraction of sp³-hybridized carbons (Fsp3) is 0.455. The zero-order valence-electron chi connectivity index (χ0n) is 11.0. The lowest BCUT2D eigenvalue weighted by Gasteiger charge is -2.14. The van der Waals surface area contributed by atoms with Gasteiger partial charge in [-0.25, -0.2) is 9.78 Å². The van der Waals surface area contributed by atoms with Gasteiger partial charge < -0.3 is 20.4 Å². The predicted octanol–water partition coefficient (Wildman–Crippen LogP) is 0.758. The van der Waals surface area contributed by atoms with Crippen LogP contribution in [0.3, 0.4) is 0 Å². The molecule has 0 aliphatic rings. The van der Waals surface area contributed by atoms with Crippen molar-refractivity contribution >= 4 is 28.9 Å². The Hall–Kier alpha value is -2.38. The third-order valence-electron chi connectivity index (χ3n) is 2.50. The van der Waals surface area contributed by atoms with Crippen LogP contribution in [0.4, 0.5) is 11.8 Å². The maximum atomic E-state index is 11.6. The molecule has 2 aromatic rings. The smallest absolute Gasteiger partial charge is 0.328 e. The van der Waals surface area contributed by atoms with Gasteiger partial charge >= 0.3 is 5.97 Å². The molecule has 0 amide bonds. The third kappa shape index (κ3) is 2.72. The summed E-state index contributed by atoms with van der Waals surface area (Å²) in [7, 11) is 1.71. The maximum absolute atomic E-state index is 11.6. The summed E-state index contributed by atoms with van der Waals surface area (Å²) in [6.07, 6.45) is 1.53. The van der Waals surface area contributed by atoms with Gasteiger partial charge in [0.15, 0.2) is 11.5 Å². The van der Waals surface area contributed by atoms with Gasteiger partial charge in [0.05, 0.1) is 12.9 Å². The molecule has 1 unspecified atom stereocenters. The topological polar surface area (TPSA) is 105 Å². The van der Waals surface area contributed by atoms with Crippen molar-refractivity contribution in [3.05, 3.63) is 6.33 Å². The third-order valence-corrected chi connectivity index (χ3v) is 2.50. The molecule has 3 N–H and O–H groups in total. The van der Waals surface area contributed by atoms with Gasteiger partial charge in [-0.1, -0.05) is 0 Å². The summed E-state index contributed by atoms with van der Waals surface area (Å²) in [6, 6.07) is -0.508. The maximum Gasteiger partial charge on any atom is 0.328 e. The fourth-order valence-electron chi connectivity index (χ4n) is 1.58. The van der Waals surface area contributed by atoms with E-state index in [0.717, 1.165) is 0 Å². The van der Waals surface area contributed by atoms with Gasteiger partial charge in [0.25, 0.3) is 0 Å². The Morgan fingerprint density at radius 3 is 3.00 bits per heavy atom. The number of anilines is 2. The van der Waals surface area contributed by atoms with E-state index in [2.05, 4.69) is 30.6 Å². The molecule has 0 aliphatic carbocycles. The van der Waals surface area contributed by atoms with Gasteiger partial charge in [0.2, 0.25) is 5.95 Å². The zero-order chi connectivity index (χ0) is 13.8. The number of esters is 1. The average molecular weight is 264 g/mol. The number of H-pyrrole nitrogens is 1. The zero-order valence-corrected chi connectivity index (χ0v) is 11.0. The first-order valence-corrected chi connectivity index (χ1v) is 5.97. The Labute approximate surface area is 110 Å². The van der Waals surface area contributed by atoms with Gasteiger partial charge in [0.1, 0.15) is 11.6 Å². The van der Waals surface area contributed by atoms with E-state index in [1.807, 2.05) is 0 Å². The molecule has 0 fully saturated rings. The largest absolute Gasteiger partial charge is 0.464 e. The SMILES string of the molecule is CCOC(=O)C(C)Nc1nc(NC)nc2nc[nH]c12. The van der Waals surface area contributed by atoms with Crippen LogP contribution in [-0.2, 0) is 9.53 Å². The average Bonchev–Trinajstić information content (AvgIpc) is 2.87. The Bertz CT molecular complexity index is 582. The molecule has 0 bridgehead atoms. The van der Waals surface area contributed by atoms with Crippen LogP contribution in [-0.4, -0.2) is 45.6 Å². The molecule has 0 aliphatic heterocycles. The lowest BCUT2D eigenvalue weighted by atomic mass is 10.3. The van der Waals surface area contributed by atoms with Crippen LogP contribution >= 0.6 is 0 Å². The Kier molecular flexibility index (Phi) is 3.79. The number of ether oxygens (including phenoxy) is 1. The number of rotatable bonds is 5. The molecule has 8 heteroatoms. The van der Waals surface area contributed by atoms with Crippen molar-refractivity contribution in [1.82, 2.24) is 19.9 Å². The summed E-state index contributed by atoms with van der Waals surface area (Å²) in [5.74, 6) is 0.602. The summed E-state index contributed by atoms with van der Waals surface area (Å²) < 4.78 is 4.94. The van der Waals surface area contributed by atoms with Crippen molar-refractivity contribution < 1.29 is 9.53 Å². The van der Waals surface area contributed by atoms with Crippen molar-refractivity contribution in [2.45, 2.75) is 19.9 Å². The Balaban J connectivity index is 2.28. The van der Waals surface area contributed by atoms with Crippen LogP contribution in [0.5, 0.6) is 0 Å². The first kappa shape index (κ1) is 13.1. The molecular formula is C11H16N6O2. The highest BCUT2D eigenvalue weighted by Gasteiger charge is 2.17. The predicted molar refractivity (Wildman–Crippen MR) is 70.9 cm³/mol. The van der Waals surface area contributed by atoms with E-state index in [9.17, 15) is 4.79 Å². The van der Waals surface area contributed by atoms with Gasteiger partial charge in [-0.2, -0.15) is 9.97 Å². The number of aromatic nitrogens is 4. The standard InChI is InChI=1S/C11H16N6O2/c1-4-19-10(18)6(2)15-9-7-8(14-5-13-7)16-11(12-3)17-9/h5-6H,4H2,1-3H3,(H3,12,13,14,15,16,17). The normalized spacial score (nSPS) is 12.2. The molecule has 0 spiro atoms. The van der Waals surface area contributed by atoms with Gasteiger partial charge in [-0.05, 0) is 13.8 Å². The van der Waals surface area contributed by atoms with E-state index in [4.69, 9.17) is 4.74 Å². The van der Waals surface area contributed by atoms with E-state index >= 15 is 0 Å². The highest BCUT2D eigenvalue weighted by atomic mass is 16.5. The highest BCUT2D eigenvalue weighted by Crippen LogP contribution is 2.19. The van der Waals surface area contributed by atoms with Crippen molar-refractivity contribution in [2.75, 3.05) is 24.3 Å². The minimum Gasteiger partial charge on any atom is -0.464 e. The van der Waals surface area contributed by atoms with Crippen LogP contribution < -0.4 is 10.6 Å². The molecular weight excluding hydrogens is 248 g/mol. The van der Waals surface area contributed by atoms with E-state index in [-0.39, 0.29) is 5.97 Å². The first-order chi connectivity index (χ1) is 9.15. The van der Waals surface area contributed by atoms with Crippen molar-refractivity contribution in [3.8, 4) is 0 Å². The van der Waals surface area contributed by atoms with Crippen molar-refractivity contribution in [2.24, 2.45) is 0 Å². The van der Waals surface area contributed by atoms with Crippen LogP contribution in [0.25, 0.3) is 11.2 Å².